The fourth-order valence-corrected chi connectivity index (χ4v) is 4.31. The van der Waals surface area contributed by atoms with Crippen LogP contribution in [0.4, 0.5) is 0 Å². The van der Waals surface area contributed by atoms with E-state index < -0.39 is 0 Å². The van der Waals surface area contributed by atoms with Gasteiger partial charge < -0.3 is 10.6 Å². The number of thioether (sulfide) groups is 1. The molecule has 1 aromatic rings. The Morgan fingerprint density at radius 2 is 1.96 bits per heavy atom. The van der Waals surface area contributed by atoms with Crippen molar-refractivity contribution in [3.8, 4) is 0 Å². The Labute approximate surface area is 150 Å². The van der Waals surface area contributed by atoms with E-state index in [4.69, 9.17) is 5.73 Å². The van der Waals surface area contributed by atoms with Gasteiger partial charge in [-0.1, -0.05) is 51.1 Å². The van der Waals surface area contributed by atoms with E-state index in [9.17, 15) is 4.79 Å². The molecule has 0 bridgehead atoms. The lowest BCUT2D eigenvalue weighted by molar-refractivity contribution is -0.130. The topological polar surface area (TPSA) is 46.3 Å². The molecule has 0 spiro atoms. The Morgan fingerprint density at radius 1 is 1.30 bits per heavy atom. The van der Waals surface area contributed by atoms with Gasteiger partial charge in [-0.05, 0) is 29.7 Å². The lowest BCUT2D eigenvalue weighted by Gasteiger charge is -2.25. The summed E-state index contributed by atoms with van der Waals surface area (Å²) in [4.78, 5) is 14.9. The second-order valence-electron chi connectivity index (χ2n) is 6.38. The van der Waals surface area contributed by atoms with Gasteiger partial charge in [-0.3, -0.25) is 4.79 Å². The third kappa shape index (κ3) is 4.88. The van der Waals surface area contributed by atoms with Gasteiger partial charge in [-0.15, -0.1) is 24.2 Å². The fourth-order valence-electron chi connectivity index (χ4n) is 3.28. The van der Waals surface area contributed by atoms with Gasteiger partial charge in [0.25, 0.3) is 0 Å². The third-order valence-corrected chi connectivity index (χ3v) is 5.92. The van der Waals surface area contributed by atoms with Crippen LogP contribution in [0.1, 0.15) is 32.3 Å². The summed E-state index contributed by atoms with van der Waals surface area (Å²) < 4.78 is 0. The van der Waals surface area contributed by atoms with Crippen molar-refractivity contribution < 1.29 is 4.79 Å². The molecule has 0 saturated carbocycles. The summed E-state index contributed by atoms with van der Waals surface area (Å²) in [6, 6.07) is 10.5. The zero-order valence-electron chi connectivity index (χ0n) is 14.3. The van der Waals surface area contributed by atoms with Crippen molar-refractivity contribution >= 4 is 30.1 Å². The first-order chi connectivity index (χ1) is 10.6. The van der Waals surface area contributed by atoms with Gasteiger partial charge in [0.15, 0.2) is 0 Å². The van der Waals surface area contributed by atoms with Crippen LogP contribution in [0.15, 0.2) is 30.3 Å². The Kier molecular flexibility index (Phi) is 8.45. The number of carbonyl (C=O) groups is 1. The average Bonchev–Trinajstić information content (AvgIpc) is 2.97. The van der Waals surface area contributed by atoms with E-state index in [-0.39, 0.29) is 17.7 Å². The van der Waals surface area contributed by atoms with Gasteiger partial charge in [-0.2, -0.15) is 0 Å². The quantitative estimate of drug-likeness (QED) is 0.849. The zero-order chi connectivity index (χ0) is 16.1. The molecule has 1 aromatic carbocycles. The van der Waals surface area contributed by atoms with Gasteiger partial charge in [-0.25, -0.2) is 0 Å². The minimum Gasteiger partial charge on any atom is -0.341 e. The SMILES string of the molecule is CCSC(C(=O)N1C[C@@H](CN)[C@H](c2ccccc2)C1)C(C)C.Cl. The van der Waals surface area contributed by atoms with E-state index in [1.54, 1.807) is 11.8 Å². The summed E-state index contributed by atoms with van der Waals surface area (Å²) in [5.74, 6) is 2.37. The van der Waals surface area contributed by atoms with Gasteiger partial charge in [0, 0.05) is 19.0 Å². The minimum absolute atomic E-state index is 0. The number of rotatable bonds is 6. The van der Waals surface area contributed by atoms with Crippen LogP contribution < -0.4 is 5.73 Å². The first-order valence-electron chi connectivity index (χ1n) is 8.23. The zero-order valence-corrected chi connectivity index (χ0v) is 15.9. The Balaban J connectivity index is 0.00000264. The monoisotopic (exact) mass is 356 g/mol. The molecule has 3 nitrogen and oxygen atoms in total. The van der Waals surface area contributed by atoms with Crippen LogP contribution in [0.5, 0.6) is 0 Å². The molecule has 0 aromatic heterocycles. The Morgan fingerprint density at radius 3 is 2.48 bits per heavy atom. The summed E-state index contributed by atoms with van der Waals surface area (Å²) in [7, 11) is 0. The molecule has 130 valence electrons. The average molecular weight is 357 g/mol. The van der Waals surface area contributed by atoms with Crippen molar-refractivity contribution in [2.75, 3.05) is 25.4 Å². The number of nitrogens with two attached hydrogens (primary N) is 1. The predicted molar refractivity (Wildman–Crippen MR) is 102 cm³/mol. The lowest BCUT2D eigenvalue weighted by Crippen LogP contribution is -2.39. The highest BCUT2D eigenvalue weighted by Gasteiger charge is 2.38. The van der Waals surface area contributed by atoms with E-state index in [1.807, 2.05) is 11.0 Å². The van der Waals surface area contributed by atoms with Crippen LogP contribution >= 0.6 is 24.2 Å². The molecule has 0 aliphatic carbocycles. The molecular formula is C18H29ClN2OS. The van der Waals surface area contributed by atoms with E-state index in [2.05, 4.69) is 45.0 Å². The smallest absolute Gasteiger partial charge is 0.235 e. The number of hydrogen-bond donors (Lipinski definition) is 1. The van der Waals surface area contributed by atoms with E-state index in [0.29, 0.717) is 30.2 Å². The molecule has 5 heteroatoms. The second kappa shape index (κ2) is 9.55. The molecule has 2 rings (SSSR count). The van der Waals surface area contributed by atoms with Crippen molar-refractivity contribution in [2.45, 2.75) is 31.9 Å². The maximum atomic E-state index is 12.9. The summed E-state index contributed by atoms with van der Waals surface area (Å²) in [6.45, 7) is 8.62. The maximum absolute atomic E-state index is 12.9. The molecule has 3 atom stereocenters. The highest BCUT2D eigenvalue weighted by molar-refractivity contribution is 8.00. The first-order valence-corrected chi connectivity index (χ1v) is 9.28. The fraction of sp³-hybridized carbons (Fsp3) is 0.611. The highest BCUT2D eigenvalue weighted by atomic mass is 35.5. The number of halogens is 1. The molecule has 2 N–H and O–H groups in total. The number of likely N-dealkylation sites (tertiary alicyclic amines) is 1. The molecule has 1 unspecified atom stereocenters. The van der Waals surface area contributed by atoms with E-state index in [1.165, 1.54) is 5.56 Å². The van der Waals surface area contributed by atoms with Gasteiger partial charge in [0.2, 0.25) is 5.91 Å². The summed E-state index contributed by atoms with van der Waals surface area (Å²) in [5.41, 5.74) is 7.28. The molecule has 1 saturated heterocycles. The van der Waals surface area contributed by atoms with Crippen LogP contribution in [-0.2, 0) is 4.79 Å². The van der Waals surface area contributed by atoms with Crippen LogP contribution in [-0.4, -0.2) is 41.4 Å². The van der Waals surface area contributed by atoms with Gasteiger partial charge in [0.1, 0.15) is 0 Å². The predicted octanol–water partition coefficient (Wildman–Crippen LogP) is 3.39. The molecule has 1 amide bonds. The summed E-state index contributed by atoms with van der Waals surface area (Å²) >= 11 is 1.76. The molecule has 1 heterocycles. The van der Waals surface area contributed by atoms with Gasteiger partial charge >= 0.3 is 0 Å². The van der Waals surface area contributed by atoms with Crippen molar-refractivity contribution in [2.24, 2.45) is 17.6 Å². The van der Waals surface area contributed by atoms with E-state index >= 15 is 0 Å². The van der Waals surface area contributed by atoms with Crippen molar-refractivity contribution in [1.29, 1.82) is 0 Å². The molecule has 0 radical (unpaired) electrons. The largest absolute Gasteiger partial charge is 0.341 e. The summed E-state index contributed by atoms with van der Waals surface area (Å²) in [6.07, 6.45) is 0. The van der Waals surface area contributed by atoms with Crippen LogP contribution in [0.3, 0.4) is 0 Å². The maximum Gasteiger partial charge on any atom is 0.235 e. The molecule has 1 aliphatic rings. The van der Waals surface area contributed by atoms with Crippen molar-refractivity contribution in [1.82, 2.24) is 4.90 Å². The number of benzene rings is 1. The third-order valence-electron chi connectivity index (χ3n) is 4.48. The minimum atomic E-state index is 0. The van der Waals surface area contributed by atoms with E-state index in [0.717, 1.165) is 18.8 Å². The number of amides is 1. The summed E-state index contributed by atoms with van der Waals surface area (Å²) in [5, 5.41) is 0.0675. The first kappa shape index (κ1) is 20.3. The molecule has 23 heavy (non-hydrogen) atoms. The lowest BCUT2D eigenvalue weighted by atomic mass is 9.89. The molecular weight excluding hydrogens is 328 g/mol. The van der Waals surface area contributed by atoms with Crippen molar-refractivity contribution in [3.05, 3.63) is 35.9 Å². The van der Waals surface area contributed by atoms with Crippen LogP contribution in [0.2, 0.25) is 0 Å². The standard InChI is InChI=1S/C18H28N2OS.ClH/c1-4-22-17(13(2)3)18(21)20-11-15(10-19)16(12-20)14-8-6-5-7-9-14;/h5-9,13,15-17H,4,10-12,19H2,1-3H3;1H/t15-,16+,17?;/m1./s1. The van der Waals surface area contributed by atoms with Crippen LogP contribution in [0, 0.1) is 11.8 Å². The highest BCUT2D eigenvalue weighted by Crippen LogP contribution is 2.34. The Bertz CT molecular complexity index is 483. The number of hydrogen-bond acceptors (Lipinski definition) is 3. The number of nitrogens with zero attached hydrogens (tertiary/aromatic N) is 1. The van der Waals surface area contributed by atoms with Crippen molar-refractivity contribution in [3.63, 3.8) is 0 Å². The second-order valence-corrected chi connectivity index (χ2v) is 7.79. The number of carbonyl (C=O) groups excluding carboxylic acids is 1. The molecule has 1 aliphatic heterocycles. The van der Waals surface area contributed by atoms with Gasteiger partial charge in [0.05, 0.1) is 5.25 Å². The molecule has 1 fully saturated rings. The normalized spacial score (nSPS) is 22.0. The Hall–Kier alpha value is -0.710. The van der Waals surface area contributed by atoms with Crippen LogP contribution in [0.25, 0.3) is 0 Å².